The van der Waals surface area contributed by atoms with E-state index >= 15 is 0 Å². The van der Waals surface area contributed by atoms with Crippen molar-refractivity contribution in [1.29, 1.82) is 0 Å². The van der Waals surface area contributed by atoms with Crippen LogP contribution in [0, 0.1) is 0 Å². The minimum absolute atomic E-state index is 0.110. The fourth-order valence-corrected chi connectivity index (χ4v) is 2.56. The summed E-state index contributed by atoms with van der Waals surface area (Å²) in [4.78, 5) is 35.2. The Hall–Kier alpha value is -1.63. The molecule has 0 radical (unpaired) electrons. The first-order valence-electron chi connectivity index (χ1n) is 9.51. The number of carbonyl (C=O) groups excluding carboxylic acids is 3. The van der Waals surface area contributed by atoms with Crippen LogP contribution in [0.4, 0.5) is 0 Å². The predicted octanol–water partition coefficient (Wildman–Crippen LogP) is 2.92. The van der Waals surface area contributed by atoms with E-state index in [9.17, 15) is 19.5 Å². The van der Waals surface area contributed by atoms with Crippen LogP contribution in [-0.2, 0) is 28.6 Å². The maximum absolute atomic E-state index is 11.9. The molecule has 0 aliphatic rings. The first-order valence-corrected chi connectivity index (χ1v) is 9.51. The molecule has 0 spiro atoms. The summed E-state index contributed by atoms with van der Waals surface area (Å²) in [5, 5.41) is 10.3. The fraction of sp³-hybridized carbons (Fsp3) is 0.842. The average molecular weight is 374 g/mol. The topological polar surface area (TPSA) is 99.1 Å². The number of aliphatic hydroxyl groups is 1. The van der Waals surface area contributed by atoms with E-state index < -0.39 is 36.4 Å². The van der Waals surface area contributed by atoms with Gasteiger partial charge in [0.1, 0.15) is 0 Å². The molecule has 0 bridgehead atoms. The highest BCUT2D eigenvalue weighted by atomic mass is 16.6. The number of carbonyl (C=O) groups is 3. The van der Waals surface area contributed by atoms with Gasteiger partial charge in [-0.25, -0.2) is 4.79 Å². The minimum Gasteiger partial charge on any atom is -0.467 e. The molecule has 0 rings (SSSR count). The fourth-order valence-electron chi connectivity index (χ4n) is 2.56. The lowest BCUT2D eigenvalue weighted by molar-refractivity contribution is -0.175. The summed E-state index contributed by atoms with van der Waals surface area (Å²) >= 11 is 0. The van der Waals surface area contributed by atoms with Crippen LogP contribution < -0.4 is 0 Å². The molecule has 1 atom stereocenters. The van der Waals surface area contributed by atoms with Crippen LogP contribution in [0.5, 0.6) is 0 Å². The second kappa shape index (κ2) is 14.5. The lowest BCUT2D eigenvalue weighted by Crippen LogP contribution is -2.44. The maximum Gasteiger partial charge on any atom is 0.339 e. The van der Waals surface area contributed by atoms with Gasteiger partial charge >= 0.3 is 17.9 Å². The van der Waals surface area contributed by atoms with E-state index in [2.05, 4.69) is 11.7 Å². The summed E-state index contributed by atoms with van der Waals surface area (Å²) in [6.45, 7) is 4.12. The summed E-state index contributed by atoms with van der Waals surface area (Å²) in [6.07, 6.45) is 7.65. The molecule has 0 fully saturated rings. The van der Waals surface area contributed by atoms with Crippen molar-refractivity contribution in [3.8, 4) is 0 Å². The quantitative estimate of drug-likeness (QED) is 0.267. The minimum atomic E-state index is -2.27. The van der Waals surface area contributed by atoms with Gasteiger partial charge in [-0.1, -0.05) is 51.9 Å². The van der Waals surface area contributed by atoms with Gasteiger partial charge in [0.15, 0.2) is 5.60 Å². The highest BCUT2D eigenvalue weighted by Crippen LogP contribution is 2.19. The second-order valence-electron chi connectivity index (χ2n) is 6.38. The molecular formula is C19H34O7. The number of hydrogen-bond acceptors (Lipinski definition) is 7. The maximum atomic E-state index is 11.9. The number of esters is 3. The third-order valence-corrected chi connectivity index (χ3v) is 4.01. The Labute approximate surface area is 156 Å². The van der Waals surface area contributed by atoms with Gasteiger partial charge < -0.3 is 19.3 Å². The smallest absolute Gasteiger partial charge is 0.339 e. The summed E-state index contributed by atoms with van der Waals surface area (Å²) in [6, 6.07) is 0. The Kier molecular flexibility index (Phi) is 13.6. The van der Waals surface area contributed by atoms with E-state index in [1.807, 2.05) is 0 Å². The Morgan fingerprint density at radius 3 is 1.81 bits per heavy atom. The molecule has 7 heteroatoms. The molecule has 0 aromatic carbocycles. The Morgan fingerprint density at radius 2 is 1.31 bits per heavy atom. The molecule has 0 aliphatic heterocycles. The van der Waals surface area contributed by atoms with Gasteiger partial charge in [-0.3, -0.25) is 9.59 Å². The zero-order valence-corrected chi connectivity index (χ0v) is 16.4. The van der Waals surface area contributed by atoms with Crippen LogP contribution in [0.1, 0.15) is 78.1 Å². The van der Waals surface area contributed by atoms with Crippen molar-refractivity contribution in [2.24, 2.45) is 0 Å². The van der Waals surface area contributed by atoms with E-state index in [0.29, 0.717) is 0 Å². The summed E-state index contributed by atoms with van der Waals surface area (Å²) in [5.41, 5.74) is -2.27. The van der Waals surface area contributed by atoms with Gasteiger partial charge in [-0.05, 0) is 13.3 Å². The van der Waals surface area contributed by atoms with Crippen LogP contribution >= 0.6 is 0 Å². The molecule has 26 heavy (non-hydrogen) atoms. The van der Waals surface area contributed by atoms with Crippen LogP contribution in [0.25, 0.3) is 0 Å². The first-order chi connectivity index (χ1) is 12.4. The molecule has 1 N–H and O–H groups in total. The lowest BCUT2D eigenvalue weighted by atomic mass is 9.95. The van der Waals surface area contributed by atoms with Gasteiger partial charge in [-0.15, -0.1) is 0 Å². The van der Waals surface area contributed by atoms with Crippen LogP contribution in [0.2, 0.25) is 0 Å². The van der Waals surface area contributed by atoms with Gasteiger partial charge in [0.05, 0.1) is 33.2 Å². The predicted molar refractivity (Wildman–Crippen MR) is 96.4 cm³/mol. The molecule has 0 aromatic heterocycles. The van der Waals surface area contributed by atoms with E-state index in [4.69, 9.17) is 9.47 Å². The number of methoxy groups -OCH3 is 1. The average Bonchev–Trinajstić information content (AvgIpc) is 2.59. The molecule has 152 valence electrons. The molecule has 7 nitrogen and oxygen atoms in total. The van der Waals surface area contributed by atoms with E-state index in [1.165, 1.54) is 32.1 Å². The number of hydrogen-bond donors (Lipinski definition) is 1. The van der Waals surface area contributed by atoms with Crippen molar-refractivity contribution in [3.05, 3.63) is 0 Å². The third-order valence-electron chi connectivity index (χ3n) is 4.01. The summed E-state index contributed by atoms with van der Waals surface area (Å²) in [7, 11) is 1.07. The summed E-state index contributed by atoms with van der Waals surface area (Å²) in [5.74, 6) is -2.59. The zero-order valence-electron chi connectivity index (χ0n) is 16.4. The SMILES string of the molecule is CCCCCCCCCCOC(=O)CC(O)(CC(=O)OCC)C(=O)OC. The van der Waals surface area contributed by atoms with Gasteiger partial charge in [0.2, 0.25) is 0 Å². The third kappa shape index (κ3) is 11.1. The number of ether oxygens (including phenoxy) is 3. The van der Waals surface area contributed by atoms with E-state index in [0.717, 1.165) is 26.4 Å². The number of rotatable bonds is 15. The van der Waals surface area contributed by atoms with Crippen molar-refractivity contribution >= 4 is 17.9 Å². The highest BCUT2D eigenvalue weighted by molar-refractivity contribution is 5.90. The first kappa shape index (κ1) is 24.4. The van der Waals surface area contributed by atoms with Crippen LogP contribution in [0.3, 0.4) is 0 Å². The monoisotopic (exact) mass is 374 g/mol. The molecule has 0 saturated carbocycles. The molecule has 0 aliphatic carbocycles. The van der Waals surface area contributed by atoms with Crippen molar-refractivity contribution in [3.63, 3.8) is 0 Å². The number of unbranched alkanes of at least 4 members (excludes halogenated alkanes) is 7. The van der Waals surface area contributed by atoms with Crippen molar-refractivity contribution in [2.45, 2.75) is 83.7 Å². The highest BCUT2D eigenvalue weighted by Gasteiger charge is 2.42. The van der Waals surface area contributed by atoms with E-state index in [1.54, 1.807) is 6.92 Å². The van der Waals surface area contributed by atoms with Crippen molar-refractivity contribution < 1.29 is 33.7 Å². The zero-order chi connectivity index (χ0) is 19.8. The molecule has 0 saturated heterocycles. The molecule has 0 heterocycles. The largest absolute Gasteiger partial charge is 0.467 e. The molecule has 0 amide bonds. The van der Waals surface area contributed by atoms with Gasteiger partial charge in [0.25, 0.3) is 0 Å². The lowest BCUT2D eigenvalue weighted by Gasteiger charge is -2.23. The van der Waals surface area contributed by atoms with Crippen molar-refractivity contribution in [1.82, 2.24) is 0 Å². The summed E-state index contributed by atoms with van der Waals surface area (Å²) < 4.78 is 14.3. The van der Waals surface area contributed by atoms with Crippen LogP contribution in [0.15, 0.2) is 0 Å². The normalized spacial score (nSPS) is 12.9. The standard InChI is InChI=1S/C19H34O7/c1-4-6-7-8-9-10-11-12-13-26-17(21)15-19(23,18(22)24-3)14-16(20)25-5-2/h23H,4-15H2,1-3H3. The van der Waals surface area contributed by atoms with Crippen molar-refractivity contribution in [2.75, 3.05) is 20.3 Å². The van der Waals surface area contributed by atoms with E-state index in [-0.39, 0.29) is 13.2 Å². The second-order valence-corrected chi connectivity index (χ2v) is 6.38. The van der Waals surface area contributed by atoms with Gasteiger partial charge in [-0.2, -0.15) is 0 Å². The van der Waals surface area contributed by atoms with Gasteiger partial charge in [0, 0.05) is 0 Å². The molecular weight excluding hydrogens is 340 g/mol. The van der Waals surface area contributed by atoms with Crippen LogP contribution in [-0.4, -0.2) is 48.9 Å². The molecule has 0 aromatic rings. The Balaban J connectivity index is 4.14. The molecule has 1 unspecified atom stereocenters. The Bertz CT molecular complexity index is 422. The Morgan fingerprint density at radius 1 is 0.808 bits per heavy atom.